The number of anilines is 1. The summed E-state index contributed by atoms with van der Waals surface area (Å²) >= 11 is 1.34. The van der Waals surface area contributed by atoms with Gasteiger partial charge in [0.1, 0.15) is 5.82 Å². The van der Waals surface area contributed by atoms with Crippen molar-refractivity contribution in [2.45, 2.75) is 23.8 Å². The maximum Gasteiger partial charge on any atom is 0.240 e. The Balaban J connectivity index is 1.53. The number of rotatable bonds is 4. The number of fused-ring (bicyclic) bond motifs is 1. The van der Waals surface area contributed by atoms with E-state index < -0.39 is 0 Å². The second kappa shape index (κ2) is 7.15. The largest absolute Gasteiger partial charge is 0.311 e. The van der Waals surface area contributed by atoms with Crippen molar-refractivity contribution in [1.29, 1.82) is 0 Å². The van der Waals surface area contributed by atoms with Crippen LogP contribution in [-0.2, 0) is 18.3 Å². The molecule has 1 atom stereocenters. The number of amides is 1. The molecule has 0 N–H and O–H groups in total. The first-order chi connectivity index (χ1) is 13.1. The number of hydrogen-bond donors (Lipinski definition) is 0. The second-order valence-electron chi connectivity index (χ2n) is 6.47. The zero-order chi connectivity index (χ0) is 19.0. The Morgan fingerprint density at radius 2 is 1.89 bits per heavy atom. The van der Waals surface area contributed by atoms with Gasteiger partial charge in [0, 0.05) is 19.3 Å². The van der Waals surface area contributed by atoms with Gasteiger partial charge < -0.3 is 9.47 Å². The first-order valence-electron chi connectivity index (χ1n) is 8.76. The number of halogens is 1. The number of hydrogen-bond acceptors (Lipinski definition) is 4. The summed E-state index contributed by atoms with van der Waals surface area (Å²) < 4.78 is 15.8. The highest BCUT2D eigenvalue weighted by molar-refractivity contribution is 8.00. The number of benzene rings is 2. The second-order valence-corrected chi connectivity index (χ2v) is 7.78. The third kappa shape index (κ3) is 3.23. The molecular formula is C20H19FN4OS. The van der Waals surface area contributed by atoms with Gasteiger partial charge in [0.05, 0.1) is 10.8 Å². The summed E-state index contributed by atoms with van der Waals surface area (Å²) in [6.07, 6.45) is 0.876. The molecule has 2 heterocycles. The van der Waals surface area contributed by atoms with Crippen LogP contribution in [0.4, 0.5) is 10.1 Å². The lowest BCUT2D eigenvalue weighted by Gasteiger charge is -2.21. The number of para-hydroxylation sites is 1. The minimum absolute atomic E-state index is 0.0420. The molecule has 0 unspecified atom stereocenters. The normalized spacial score (nSPS) is 14.3. The van der Waals surface area contributed by atoms with E-state index in [4.69, 9.17) is 0 Å². The van der Waals surface area contributed by atoms with E-state index >= 15 is 0 Å². The maximum absolute atomic E-state index is 14.1. The van der Waals surface area contributed by atoms with Crippen molar-refractivity contribution in [2.75, 3.05) is 11.4 Å². The Kier molecular flexibility index (Phi) is 4.70. The molecule has 0 aliphatic carbocycles. The lowest BCUT2D eigenvalue weighted by atomic mass is 10.2. The average Bonchev–Trinajstić information content (AvgIpc) is 3.26. The molecule has 7 heteroatoms. The highest BCUT2D eigenvalue weighted by atomic mass is 32.2. The van der Waals surface area contributed by atoms with Crippen LogP contribution in [0.5, 0.6) is 0 Å². The van der Waals surface area contributed by atoms with Crippen LogP contribution in [0.2, 0.25) is 0 Å². The molecule has 5 nitrogen and oxygen atoms in total. The molecule has 4 rings (SSSR count). The van der Waals surface area contributed by atoms with E-state index in [1.54, 1.807) is 29.8 Å². The van der Waals surface area contributed by atoms with Crippen LogP contribution < -0.4 is 4.90 Å². The van der Waals surface area contributed by atoms with Crippen LogP contribution in [0.3, 0.4) is 0 Å². The fourth-order valence-corrected chi connectivity index (χ4v) is 4.17. The van der Waals surface area contributed by atoms with Gasteiger partial charge in [0.25, 0.3) is 0 Å². The molecular weight excluding hydrogens is 363 g/mol. The molecule has 1 amide bonds. The predicted octanol–water partition coefficient (Wildman–Crippen LogP) is 3.69. The molecule has 3 aromatic rings. The SMILES string of the molecule is C[C@@H](Sc1nnc(-c2ccccc2F)n1C)C(=O)N1CCc2ccccc21. The number of thioether (sulfide) groups is 1. The van der Waals surface area contributed by atoms with Gasteiger partial charge >= 0.3 is 0 Å². The molecule has 0 bridgehead atoms. The van der Waals surface area contributed by atoms with Gasteiger partial charge in [-0.15, -0.1) is 10.2 Å². The maximum atomic E-state index is 14.1. The first-order valence-corrected chi connectivity index (χ1v) is 9.64. The van der Waals surface area contributed by atoms with E-state index in [1.165, 1.54) is 23.4 Å². The lowest BCUT2D eigenvalue weighted by Crippen LogP contribution is -2.35. The highest BCUT2D eigenvalue weighted by Gasteiger charge is 2.29. The topological polar surface area (TPSA) is 51.0 Å². The Morgan fingerprint density at radius 3 is 2.70 bits per heavy atom. The van der Waals surface area contributed by atoms with Gasteiger partial charge in [-0.05, 0) is 37.1 Å². The van der Waals surface area contributed by atoms with Crippen LogP contribution in [0, 0.1) is 5.82 Å². The standard InChI is InChI=1S/C20H19FN4OS/c1-13(19(26)25-12-11-14-7-3-6-10-17(14)25)27-20-23-22-18(24(20)2)15-8-4-5-9-16(15)21/h3-10,13H,11-12H2,1-2H3/t13-/m1/s1. The Bertz CT molecular complexity index is 1000. The summed E-state index contributed by atoms with van der Waals surface area (Å²) in [7, 11) is 1.78. The van der Waals surface area contributed by atoms with Crippen LogP contribution in [-0.4, -0.2) is 32.5 Å². The minimum Gasteiger partial charge on any atom is -0.311 e. The molecule has 0 saturated heterocycles. The highest BCUT2D eigenvalue weighted by Crippen LogP contribution is 2.32. The lowest BCUT2D eigenvalue weighted by molar-refractivity contribution is -0.117. The van der Waals surface area contributed by atoms with E-state index in [2.05, 4.69) is 16.3 Å². The number of nitrogens with zero attached hydrogens (tertiary/aromatic N) is 4. The fourth-order valence-electron chi connectivity index (χ4n) is 3.29. The van der Waals surface area contributed by atoms with Crippen molar-refractivity contribution in [1.82, 2.24) is 14.8 Å². The Hall–Kier alpha value is -2.67. The van der Waals surface area contributed by atoms with Gasteiger partial charge in [-0.25, -0.2) is 4.39 Å². The number of carbonyl (C=O) groups excluding carboxylic acids is 1. The first kappa shape index (κ1) is 17.7. The summed E-state index contributed by atoms with van der Waals surface area (Å²) in [6.45, 7) is 2.56. The van der Waals surface area contributed by atoms with E-state index in [0.717, 1.165) is 12.1 Å². The number of carbonyl (C=O) groups is 1. The van der Waals surface area contributed by atoms with Gasteiger partial charge in [0.15, 0.2) is 11.0 Å². The fraction of sp³-hybridized carbons (Fsp3) is 0.250. The summed E-state index contributed by atoms with van der Waals surface area (Å²) in [5.41, 5.74) is 2.58. The van der Waals surface area contributed by atoms with Crippen molar-refractivity contribution >= 4 is 23.4 Å². The van der Waals surface area contributed by atoms with Gasteiger partial charge in [0.2, 0.25) is 5.91 Å². The third-order valence-corrected chi connectivity index (χ3v) is 5.85. The average molecular weight is 382 g/mol. The third-order valence-electron chi connectivity index (χ3n) is 4.73. The van der Waals surface area contributed by atoms with E-state index in [1.807, 2.05) is 30.0 Å². The molecule has 0 saturated carbocycles. The molecule has 1 aliphatic heterocycles. The molecule has 138 valence electrons. The van der Waals surface area contributed by atoms with E-state index in [0.29, 0.717) is 23.1 Å². The molecule has 1 aromatic heterocycles. The quantitative estimate of drug-likeness (QED) is 0.646. The summed E-state index contributed by atoms with van der Waals surface area (Å²) in [4.78, 5) is 14.8. The molecule has 0 fully saturated rings. The zero-order valence-electron chi connectivity index (χ0n) is 15.1. The van der Waals surface area contributed by atoms with Gasteiger partial charge in [-0.3, -0.25) is 4.79 Å². The van der Waals surface area contributed by atoms with E-state index in [9.17, 15) is 9.18 Å². The molecule has 27 heavy (non-hydrogen) atoms. The van der Waals surface area contributed by atoms with Crippen molar-refractivity contribution < 1.29 is 9.18 Å². The molecule has 2 aromatic carbocycles. The number of aromatic nitrogens is 3. The van der Waals surface area contributed by atoms with Crippen molar-refractivity contribution in [3.8, 4) is 11.4 Å². The van der Waals surface area contributed by atoms with Crippen LogP contribution in [0.25, 0.3) is 11.4 Å². The van der Waals surface area contributed by atoms with E-state index in [-0.39, 0.29) is 17.0 Å². The minimum atomic E-state index is -0.345. The van der Waals surface area contributed by atoms with Crippen LogP contribution in [0.1, 0.15) is 12.5 Å². The summed E-state index contributed by atoms with van der Waals surface area (Å²) in [5.74, 6) is 0.143. The summed E-state index contributed by atoms with van der Waals surface area (Å²) in [6, 6.07) is 14.5. The van der Waals surface area contributed by atoms with Crippen LogP contribution >= 0.6 is 11.8 Å². The van der Waals surface area contributed by atoms with Gasteiger partial charge in [-0.1, -0.05) is 42.1 Å². The molecule has 0 spiro atoms. The monoisotopic (exact) mass is 382 g/mol. The Morgan fingerprint density at radius 1 is 1.15 bits per heavy atom. The van der Waals surface area contributed by atoms with Crippen molar-refractivity contribution in [3.05, 3.63) is 59.9 Å². The van der Waals surface area contributed by atoms with Crippen LogP contribution in [0.15, 0.2) is 53.7 Å². The van der Waals surface area contributed by atoms with Gasteiger partial charge in [-0.2, -0.15) is 0 Å². The molecule has 1 aliphatic rings. The smallest absolute Gasteiger partial charge is 0.240 e. The van der Waals surface area contributed by atoms with Crippen molar-refractivity contribution in [2.24, 2.45) is 7.05 Å². The predicted molar refractivity (Wildman–Crippen MR) is 104 cm³/mol. The van der Waals surface area contributed by atoms with Crippen molar-refractivity contribution in [3.63, 3.8) is 0 Å². The zero-order valence-corrected chi connectivity index (χ0v) is 15.9. The Labute approximate surface area is 161 Å². The molecule has 0 radical (unpaired) electrons. The summed E-state index contributed by atoms with van der Waals surface area (Å²) in [5, 5.41) is 8.54.